The van der Waals surface area contributed by atoms with Crippen LogP contribution in [0.2, 0.25) is 0 Å². The number of nitrogens with zero attached hydrogens (tertiary/aromatic N) is 4. The molecule has 0 spiro atoms. The van der Waals surface area contributed by atoms with Crippen molar-refractivity contribution in [3.05, 3.63) is 42.6 Å². The number of amides is 2. The number of anilines is 1. The van der Waals surface area contributed by atoms with Crippen LogP contribution in [0.1, 0.15) is 38.5 Å². The molecule has 2 aromatic rings. The van der Waals surface area contributed by atoms with Crippen LogP contribution in [0, 0.1) is 11.8 Å². The Morgan fingerprint density at radius 1 is 0.906 bits per heavy atom. The Hall–Kier alpha value is -2.96. The molecule has 1 aliphatic carbocycles. The molecule has 1 N–H and O–H groups in total. The zero-order valence-electron chi connectivity index (χ0n) is 18.4. The van der Waals surface area contributed by atoms with Gasteiger partial charge in [-0.3, -0.25) is 9.59 Å². The predicted octanol–water partition coefficient (Wildman–Crippen LogP) is 2.88. The highest BCUT2D eigenvalue weighted by Gasteiger charge is 2.34. The van der Waals surface area contributed by atoms with E-state index in [1.165, 1.54) is 6.42 Å². The molecule has 1 aromatic heterocycles. The molecule has 32 heavy (non-hydrogen) atoms. The molecule has 1 aromatic carbocycles. The number of likely N-dealkylation sites (tertiary alicyclic amines) is 1. The van der Waals surface area contributed by atoms with E-state index >= 15 is 0 Å². The van der Waals surface area contributed by atoms with E-state index in [9.17, 15) is 9.59 Å². The Bertz CT molecular complexity index is 954. The van der Waals surface area contributed by atoms with Crippen molar-refractivity contribution in [1.82, 2.24) is 20.2 Å². The van der Waals surface area contributed by atoms with Crippen molar-refractivity contribution in [2.24, 2.45) is 11.8 Å². The molecule has 1 saturated carbocycles. The van der Waals surface area contributed by atoms with E-state index in [4.69, 9.17) is 4.98 Å². The van der Waals surface area contributed by atoms with Crippen LogP contribution in [-0.2, 0) is 9.59 Å². The molecule has 0 radical (unpaired) electrons. The highest BCUT2D eigenvalue weighted by molar-refractivity contribution is 5.81. The highest BCUT2D eigenvalue weighted by Crippen LogP contribution is 2.30. The van der Waals surface area contributed by atoms with Gasteiger partial charge in [-0.05, 0) is 38.2 Å². The fourth-order valence-corrected chi connectivity index (χ4v) is 4.92. The van der Waals surface area contributed by atoms with Gasteiger partial charge in [-0.1, -0.05) is 36.8 Å². The first-order valence-electron chi connectivity index (χ1n) is 11.9. The summed E-state index contributed by atoms with van der Waals surface area (Å²) in [7, 11) is 0. The summed E-state index contributed by atoms with van der Waals surface area (Å²) in [6.07, 6.45) is 7.48. The molecule has 7 heteroatoms. The monoisotopic (exact) mass is 433 g/mol. The van der Waals surface area contributed by atoms with Gasteiger partial charge in [0, 0.05) is 55.8 Å². The number of carbonyl (C=O) groups excluding carboxylic acids is 2. The fourth-order valence-electron chi connectivity index (χ4n) is 4.92. The number of piperidine rings is 1. The molecule has 2 amide bonds. The van der Waals surface area contributed by atoms with Crippen molar-refractivity contribution >= 4 is 17.8 Å². The number of aromatic nitrogens is 2. The number of nitrogens with one attached hydrogen (secondary N) is 1. The second kappa shape index (κ2) is 9.27. The van der Waals surface area contributed by atoms with Crippen LogP contribution in [0.15, 0.2) is 42.6 Å². The van der Waals surface area contributed by atoms with Gasteiger partial charge in [0.1, 0.15) is 0 Å². The van der Waals surface area contributed by atoms with Crippen LogP contribution >= 0.6 is 0 Å². The molecule has 3 fully saturated rings. The Labute approximate surface area is 189 Å². The third-order valence-electron chi connectivity index (χ3n) is 7.16. The third-order valence-corrected chi connectivity index (χ3v) is 7.16. The molecule has 1 unspecified atom stereocenters. The topological polar surface area (TPSA) is 78.4 Å². The summed E-state index contributed by atoms with van der Waals surface area (Å²) in [5, 5.41) is 3.24. The molecule has 1 atom stereocenters. The Morgan fingerprint density at radius 3 is 2.41 bits per heavy atom. The number of hydrogen-bond donors (Lipinski definition) is 1. The van der Waals surface area contributed by atoms with Crippen LogP contribution < -0.4 is 10.2 Å². The Kier molecular flexibility index (Phi) is 6.06. The third kappa shape index (κ3) is 4.47. The van der Waals surface area contributed by atoms with Gasteiger partial charge in [-0.25, -0.2) is 9.97 Å². The maximum atomic E-state index is 12.8. The lowest BCUT2D eigenvalue weighted by Gasteiger charge is -2.36. The summed E-state index contributed by atoms with van der Waals surface area (Å²) < 4.78 is 0. The highest BCUT2D eigenvalue weighted by atomic mass is 16.2. The normalized spacial score (nSPS) is 21.9. The summed E-state index contributed by atoms with van der Waals surface area (Å²) >= 11 is 0. The van der Waals surface area contributed by atoms with E-state index in [1.807, 2.05) is 41.3 Å². The molecule has 2 saturated heterocycles. The van der Waals surface area contributed by atoms with Crippen molar-refractivity contribution in [2.75, 3.05) is 31.1 Å². The summed E-state index contributed by atoms with van der Waals surface area (Å²) in [6, 6.07) is 12.1. The number of benzene rings is 1. The Balaban J connectivity index is 1.12. The average Bonchev–Trinajstić information content (AvgIpc) is 3.27. The van der Waals surface area contributed by atoms with Gasteiger partial charge < -0.3 is 15.1 Å². The van der Waals surface area contributed by atoms with Crippen LogP contribution in [0.3, 0.4) is 0 Å². The zero-order chi connectivity index (χ0) is 21.9. The standard InChI is InChI=1S/C25H31N5O2/c31-23(19-10-14-29(15-11-19)24(32)20-7-4-8-20)27-21-12-16-30(17-21)25-26-13-9-22(28-25)18-5-2-1-3-6-18/h1-3,5-6,9,13,19-21H,4,7-8,10-12,14-17H2,(H,27,31). The fraction of sp³-hybridized carbons (Fsp3) is 0.520. The van der Waals surface area contributed by atoms with Crippen LogP contribution in [0.4, 0.5) is 5.95 Å². The molecule has 3 aliphatic rings. The van der Waals surface area contributed by atoms with Gasteiger partial charge in [-0.15, -0.1) is 0 Å². The lowest BCUT2D eigenvalue weighted by atomic mass is 9.83. The van der Waals surface area contributed by atoms with Gasteiger partial charge in [0.15, 0.2) is 0 Å². The first-order chi connectivity index (χ1) is 15.7. The second-order valence-electron chi connectivity index (χ2n) is 9.28. The van der Waals surface area contributed by atoms with Crippen LogP contribution in [-0.4, -0.2) is 58.9 Å². The number of carbonyl (C=O) groups is 2. The molecule has 0 bridgehead atoms. The lowest BCUT2D eigenvalue weighted by molar-refractivity contribution is -0.141. The van der Waals surface area contributed by atoms with E-state index < -0.39 is 0 Å². The minimum absolute atomic E-state index is 0.00662. The van der Waals surface area contributed by atoms with E-state index in [2.05, 4.69) is 15.2 Å². The molecule has 2 aliphatic heterocycles. The number of hydrogen-bond acceptors (Lipinski definition) is 5. The summed E-state index contributed by atoms with van der Waals surface area (Å²) in [5.41, 5.74) is 1.98. The van der Waals surface area contributed by atoms with Crippen molar-refractivity contribution in [3.8, 4) is 11.3 Å². The summed E-state index contributed by atoms with van der Waals surface area (Å²) in [5.74, 6) is 1.40. The molecule has 7 nitrogen and oxygen atoms in total. The first kappa shape index (κ1) is 20.9. The van der Waals surface area contributed by atoms with E-state index in [0.29, 0.717) is 24.9 Å². The molecule has 3 heterocycles. The smallest absolute Gasteiger partial charge is 0.225 e. The first-order valence-corrected chi connectivity index (χ1v) is 11.9. The van der Waals surface area contributed by atoms with Gasteiger partial charge in [0.05, 0.1) is 5.69 Å². The predicted molar refractivity (Wildman–Crippen MR) is 123 cm³/mol. The van der Waals surface area contributed by atoms with Crippen molar-refractivity contribution in [3.63, 3.8) is 0 Å². The van der Waals surface area contributed by atoms with E-state index in [0.717, 1.165) is 56.5 Å². The van der Waals surface area contributed by atoms with Gasteiger partial charge in [-0.2, -0.15) is 0 Å². The second-order valence-corrected chi connectivity index (χ2v) is 9.28. The Morgan fingerprint density at radius 2 is 1.69 bits per heavy atom. The SMILES string of the molecule is O=C(NC1CCN(c2nccc(-c3ccccc3)n2)C1)C1CCN(C(=O)C2CCC2)CC1. The average molecular weight is 434 g/mol. The van der Waals surface area contributed by atoms with Gasteiger partial charge in [0.25, 0.3) is 0 Å². The quantitative estimate of drug-likeness (QED) is 0.785. The van der Waals surface area contributed by atoms with Gasteiger partial charge >= 0.3 is 0 Å². The maximum absolute atomic E-state index is 12.8. The van der Waals surface area contributed by atoms with Crippen molar-refractivity contribution in [2.45, 2.75) is 44.6 Å². The molecular weight excluding hydrogens is 402 g/mol. The lowest BCUT2D eigenvalue weighted by Crippen LogP contribution is -2.47. The molecule has 5 rings (SSSR count). The number of rotatable bonds is 5. The van der Waals surface area contributed by atoms with Gasteiger partial charge in [0.2, 0.25) is 17.8 Å². The minimum atomic E-state index is 0.00662. The van der Waals surface area contributed by atoms with E-state index in [1.54, 1.807) is 6.20 Å². The van der Waals surface area contributed by atoms with Crippen LogP contribution in [0.5, 0.6) is 0 Å². The van der Waals surface area contributed by atoms with E-state index in [-0.39, 0.29) is 23.8 Å². The maximum Gasteiger partial charge on any atom is 0.225 e. The largest absolute Gasteiger partial charge is 0.351 e. The van der Waals surface area contributed by atoms with Crippen molar-refractivity contribution < 1.29 is 9.59 Å². The van der Waals surface area contributed by atoms with Crippen molar-refractivity contribution in [1.29, 1.82) is 0 Å². The zero-order valence-corrected chi connectivity index (χ0v) is 18.4. The summed E-state index contributed by atoms with van der Waals surface area (Å²) in [4.78, 5) is 38.6. The molecule has 168 valence electrons. The van der Waals surface area contributed by atoms with Crippen LogP contribution in [0.25, 0.3) is 11.3 Å². The molecular formula is C25H31N5O2. The minimum Gasteiger partial charge on any atom is -0.351 e. The summed E-state index contributed by atoms with van der Waals surface area (Å²) in [6.45, 7) is 2.98.